The van der Waals surface area contributed by atoms with Crippen molar-refractivity contribution in [2.75, 3.05) is 0 Å². The Morgan fingerprint density at radius 2 is 1.75 bits per heavy atom. The summed E-state index contributed by atoms with van der Waals surface area (Å²) in [5, 5.41) is 7.32. The molecule has 0 bridgehead atoms. The van der Waals surface area contributed by atoms with Gasteiger partial charge in [0.15, 0.2) is 0 Å². The zero-order valence-electron chi connectivity index (χ0n) is 2.45. The smallest absolute Gasteiger partial charge is 0.0587 e. The van der Waals surface area contributed by atoms with Crippen molar-refractivity contribution in [3.05, 3.63) is 0 Å². The largest absolute Gasteiger partial charge is 0.199 e. The average molecular weight is 220 g/mol. The van der Waals surface area contributed by atoms with E-state index in [1.165, 1.54) is 6.92 Å². The van der Waals surface area contributed by atoms with E-state index < -0.39 is 0 Å². The first-order valence-electron chi connectivity index (χ1n) is 0.724. The van der Waals surface area contributed by atoms with E-state index >= 15 is 0 Å². The number of hydrogen-bond donors (Lipinski definition) is 0. The second-order valence-corrected chi connectivity index (χ2v) is 0.224. The van der Waals surface area contributed by atoms with Crippen LogP contribution in [0.5, 0.6) is 0 Å². The summed E-state index contributed by atoms with van der Waals surface area (Å²) in [6, 6.07) is 1.75. The Labute approximate surface area is 44.4 Å². The molecule has 0 saturated heterocycles. The summed E-state index contributed by atoms with van der Waals surface area (Å²) >= 11 is 0. The first-order valence-corrected chi connectivity index (χ1v) is 0.724. The van der Waals surface area contributed by atoms with Gasteiger partial charge >= 0.3 is 0 Å². The average Bonchev–Trinajstić information content (AvgIpc) is 0.918. The second kappa shape index (κ2) is 10.1. The summed E-state index contributed by atoms with van der Waals surface area (Å²) < 4.78 is 0. The van der Waals surface area contributed by atoms with Gasteiger partial charge in [-0.25, -0.2) is 0 Å². The molecule has 0 unspecified atom stereocenters. The van der Waals surface area contributed by atoms with Gasteiger partial charge < -0.3 is 0 Å². The van der Waals surface area contributed by atoms with Crippen molar-refractivity contribution in [2.24, 2.45) is 0 Å². The molecular formula is C2H3HfN. The molecule has 2 heteroatoms. The Morgan fingerprint density at radius 1 is 1.75 bits per heavy atom. The molecule has 0 heterocycles. The molecule has 0 spiro atoms. The Morgan fingerprint density at radius 3 is 1.75 bits per heavy atom. The number of hydrogen-bond acceptors (Lipinski definition) is 1. The van der Waals surface area contributed by atoms with E-state index in [2.05, 4.69) is 0 Å². The van der Waals surface area contributed by atoms with Crippen molar-refractivity contribution in [3.8, 4) is 6.07 Å². The molecule has 0 aromatic carbocycles. The molecule has 0 aliphatic heterocycles. The monoisotopic (exact) mass is 221 g/mol. The van der Waals surface area contributed by atoms with Gasteiger partial charge in [-0.3, -0.25) is 0 Å². The summed E-state index contributed by atoms with van der Waals surface area (Å²) in [7, 11) is 0. The van der Waals surface area contributed by atoms with Crippen LogP contribution in [0, 0.1) is 11.3 Å². The van der Waals surface area contributed by atoms with Crippen LogP contribution in [0.15, 0.2) is 0 Å². The molecule has 1 nitrogen and oxygen atoms in total. The van der Waals surface area contributed by atoms with Crippen molar-refractivity contribution in [1.82, 2.24) is 0 Å². The third kappa shape index (κ3) is 33.7. The standard InChI is InChI=1S/C2H3N.Hf/c1-2-3;/h1H3;. The minimum Gasteiger partial charge on any atom is -0.199 e. The predicted molar refractivity (Wildman–Crippen MR) is 11.3 cm³/mol. The zero-order valence-corrected chi connectivity index (χ0v) is 6.04. The van der Waals surface area contributed by atoms with E-state index in [-0.39, 0.29) is 25.8 Å². The first kappa shape index (κ1) is 8.84. The van der Waals surface area contributed by atoms with E-state index in [1.807, 2.05) is 0 Å². The summed E-state index contributed by atoms with van der Waals surface area (Å²) in [4.78, 5) is 0. The van der Waals surface area contributed by atoms with Crippen LogP contribution >= 0.6 is 0 Å². The third-order valence-corrected chi connectivity index (χ3v) is 0. The summed E-state index contributed by atoms with van der Waals surface area (Å²) in [5.74, 6) is 0. The van der Waals surface area contributed by atoms with Gasteiger partial charge in [-0.2, -0.15) is 5.26 Å². The van der Waals surface area contributed by atoms with Crippen LogP contribution in [0.25, 0.3) is 0 Å². The van der Waals surface area contributed by atoms with E-state index in [1.54, 1.807) is 6.07 Å². The SMILES string of the molecule is CC#N.[Hf]. The molecule has 0 saturated carbocycles. The van der Waals surface area contributed by atoms with Crippen LogP contribution < -0.4 is 0 Å². The van der Waals surface area contributed by atoms with E-state index in [0.29, 0.717) is 0 Å². The van der Waals surface area contributed by atoms with E-state index in [9.17, 15) is 0 Å². The Bertz CT molecular complexity index is 27.5. The molecule has 20 valence electrons. The first-order chi connectivity index (χ1) is 1.41. The minimum absolute atomic E-state index is 0. The third-order valence-electron chi connectivity index (χ3n) is 0. The Kier molecular flexibility index (Phi) is 22.4. The van der Waals surface area contributed by atoms with Gasteiger partial charge in [-0.1, -0.05) is 0 Å². The number of nitriles is 1. The minimum atomic E-state index is 0. The molecule has 0 aromatic heterocycles. The van der Waals surface area contributed by atoms with Crippen LogP contribution in [0.3, 0.4) is 0 Å². The van der Waals surface area contributed by atoms with Gasteiger partial charge in [-0.05, 0) is 0 Å². The van der Waals surface area contributed by atoms with E-state index in [0.717, 1.165) is 0 Å². The second-order valence-electron chi connectivity index (χ2n) is 0.224. The normalized spacial score (nSPS) is 2.00. The van der Waals surface area contributed by atoms with Gasteiger partial charge in [0.2, 0.25) is 0 Å². The molecule has 0 rings (SSSR count). The van der Waals surface area contributed by atoms with Gasteiger partial charge in [0.05, 0.1) is 6.07 Å². The van der Waals surface area contributed by atoms with Crippen LogP contribution in [-0.4, -0.2) is 0 Å². The molecule has 0 N–H and O–H groups in total. The maximum atomic E-state index is 7.32. The van der Waals surface area contributed by atoms with Crippen molar-refractivity contribution in [2.45, 2.75) is 6.92 Å². The number of rotatable bonds is 0. The molecule has 0 atom stereocenters. The topological polar surface area (TPSA) is 23.8 Å². The fourth-order valence-corrected chi connectivity index (χ4v) is 0. The molecule has 0 radical (unpaired) electrons. The molecule has 0 aliphatic rings. The maximum Gasteiger partial charge on any atom is 0.0587 e. The van der Waals surface area contributed by atoms with Crippen LogP contribution in [0.2, 0.25) is 0 Å². The van der Waals surface area contributed by atoms with Crippen molar-refractivity contribution in [1.29, 1.82) is 5.26 Å². The van der Waals surface area contributed by atoms with Gasteiger partial charge in [0.1, 0.15) is 0 Å². The summed E-state index contributed by atoms with van der Waals surface area (Å²) in [6.45, 7) is 1.43. The van der Waals surface area contributed by atoms with Crippen molar-refractivity contribution >= 4 is 0 Å². The van der Waals surface area contributed by atoms with E-state index in [4.69, 9.17) is 5.26 Å². The van der Waals surface area contributed by atoms with Gasteiger partial charge in [0, 0.05) is 32.8 Å². The molecule has 0 aromatic rings. The van der Waals surface area contributed by atoms with Crippen LogP contribution in [0.4, 0.5) is 0 Å². The van der Waals surface area contributed by atoms with Crippen molar-refractivity contribution < 1.29 is 25.8 Å². The predicted octanol–water partition coefficient (Wildman–Crippen LogP) is 0.527. The van der Waals surface area contributed by atoms with Crippen molar-refractivity contribution in [3.63, 3.8) is 0 Å². The van der Waals surface area contributed by atoms with Crippen LogP contribution in [0.1, 0.15) is 6.92 Å². The summed E-state index contributed by atoms with van der Waals surface area (Å²) in [5.41, 5.74) is 0. The number of nitrogens with zero attached hydrogens (tertiary/aromatic N) is 1. The summed E-state index contributed by atoms with van der Waals surface area (Å²) in [6.07, 6.45) is 0. The zero-order chi connectivity index (χ0) is 2.71. The Hall–Kier alpha value is 0.360. The molecular weight excluding hydrogens is 217 g/mol. The molecule has 0 amide bonds. The quantitative estimate of drug-likeness (QED) is 0.545. The molecule has 0 fully saturated rings. The Balaban J connectivity index is 0. The fraction of sp³-hybridized carbons (Fsp3) is 0.500. The molecule has 4 heavy (non-hydrogen) atoms. The van der Waals surface area contributed by atoms with Crippen LogP contribution in [-0.2, 0) is 25.8 Å². The maximum absolute atomic E-state index is 7.32. The van der Waals surface area contributed by atoms with Gasteiger partial charge in [0.25, 0.3) is 0 Å². The van der Waals surface area contributed by atoms with Gasteiger partial charge in [-0.15, -0.1) is 0 Å². The molecule has 0 aliphatic carbocycles. The fourth-order valence-electron chi connectivity index (χ4n) is 0.